The standard InChI is InChI=1S/C15H21NO3/c1-18-14-5-3-2-4-12(14)6-7-15(17)16-13-8-10-19-11-9-13/h2-5,13H,6-11H2,1H3,(H,16,17). The van der Waals surface area contributed by atoms with Gasteiger partial charge in [-0.3, -0.25) is 4.79 Å². The zero-order valence-electron chi connectivity index (χ0n) is 11.4. The third-order valence-electron chi connectivity index (χ3n) is 3.40. The second kappa shape index (κ2) is 7.14. The van der Waals surface area contributed by atoms with E-state index >= 15 is 0 Å². The molecule has 19 heavy (non-hydrogen) atoms. The summed E-state index contributed by atoms with van der Waals surface area (Å²) in [6, 6.07) is 8.10. The molecule has 0 atom stereocenters. The predicted octanol–water partition coefficient (Wildman–Crippen LogP) is 1.92. The Morgan fingerprint density at radius 2 is 2.11 bits per heavy atom. The lowest BCUT2D eigenvalue weighted by atomic mass is 10.1. The molecule has 1 N–H and O–H groups in total. The Labute approximate surface area is 114 Å². The fourth-order valence-electron chi connectivity index (χ4n) is 2.30. The number of carbonyl (C=O) groups is 1. The Morgan fingerprint density at radius 3 is 2.84 bits per heavy atom. The van der Waals surface area contributed by atoms with Gasteiger partial charge < -0.3 is 14.8 Å². The number of nitrogens with one attached hydrogen (secondary N) is 1. The van der Waals surface area contributed by atoms with Gasteiger partial charge in [0.1, 0.15) is 5.75 Å². The third-order valence-corrected chi connectivity index (χ3v) is 3.40. The molecule has 1 saturated heterocycles. The highest BCUT2D eigenvalue weighted by Crippen LogP contribution is 2.18. The van der Waals surface area contributed by atoms with Crippen LogP contribution in [-0.2, 0) is 16.0 Å². The molecule has 0 saturated carbocycles. The molecule has 1 aromatic rings. The molecule has 2 rings (SSSR count). The number of rotatable bonds is 5. The van der Waals surface area contributed by atoms with Crippen molar-refractivity contribution in [1.82, 2.24) is 5.32 Å². The van der Waals surface area contributed by atoms with E-state index in [0.717, 1.165) is 37.4 Å². The van der Waals surface area contributed by atoms with Crippen LogP contribution in [0, 0.1) is 0 Å². The first kappa shape index (κ1) is 13.9. The number of aryl methyl sites for hydroxylation is 1. The molecule has 0 spiro atoms. The van der Waals surface area contributed by atoms with Gasteiger partial charge in [0, 0.05) is 25.7 Å². The number of para-hydroxylation sites is 1. The van der Waals surface area contributed by atoms with E-state index in [1.807, 2.05) is 24.3 Å². The number of ether oxygens (including phenoxy) is 2. The molecule has 1 aliphatic rings. The number of methoxy groups -OCH3 is 1. The minimum absolute atomic E-state index is 0.109. The largest absolute Gasteiger partial charge is 0.496 e. The second-order valence-corrected chi connectivity index (χ2v) is 4.77. The molecule has 1 amide bonds. The van der Waals surface area contributed by atoms with Crippen LogP contribution in [0.4, 0.5) is 0 Å². The zero-order valence-corrected chi connectivity index (χ0v) is 11.4. The topological polar surface area (TPSA) is 47.6 Å². The minimum atomic E-state index is 0.109. The lowest BCUT2D eigenvalue weighted by Crippen LogP contribution is -2.38. The summed E-state index contributed by atoms with van der Waals surface area (Å²) in [4.78, 5) is 11.9. The highest BCUT2D eigenvalue weighted by atomic mass is 16.5. The fraction of sp³-hybridized carbons (Fsp3) is 0.533. The van der Waals surface area contributed by atoms with Gasteiger partial charge in [0.25, 0.3) is 0 Å². The number of benzene rings is 1. The van der Waals surface area contributed by atoms with Crippen LogP contribution in [0.15, 0.2) is 24.3 Å². The number of hydrogen-bond donors (Lipinski definition) is 1. The lowest BCUT2D eigenvalue weighted by Gasteiger charge is -2.23. The summed E-state index contributed by atoms with van der Waals surface area (Å²) in [5.41, 5.74) is 1.08. The number of carbonyl (C=O) groups excluding carboxylic acids is 1. The van der Waals surface area contributed by atoms with Crippen LogP contribution in [0.1, 0.15) is 24.8 Å². The highest BCUT2D eigenvalue weighted by Gasteiger charge is 2.16. The van der Waals surface area contributed by atoms with Crippen molar-refractivity contribution in [2.75, 3.05) is 20.3 Å². The van der Waals surface area contributed by atoms with E-state index in [2.05, 4.69) is 5.32 Å². The fourth-order valence-corrected chi connectivity index (χ4v) is 2.30. The van der Waals surface area contributed by atoms with Crippen LogP contribution < -0.4 is 10.1 Å². The molecule has 0 aromatic heterocycles. The van der Waals surface area contributed by atoms with Crippen LogP contribution in [0.25, 0.3) is 0 Å². The lowest BCUT2D eigenvalue weighted by molar-refractivity contribution is -0.122. The van der Waals surface area contributed by atoms with E-state index in [1.165, 1.54) is 0 Å². The van der Waals surface area contributed by atoms with Crippen LogP contribution >= 0.6 is 0 Å². The number of hydrogen-bond acceptors (Lipinski definition) is 3. The summed E-state index contributed by atoms with van der Waals surface area (Å²) >= 11 is 0. The maximum Gasteiger partial charge on any atom is 0.220 e. The van der Waals surface area contributed by atoms with Crippen molar-refractivity contribution in [2.24, 2.45) is 0 Å². The quantitative estimate of drug-likeness (QED) is 0.883. The minimum Gasteiger partial charge on any atom is -0.496 e. The Hall–Kier alpha value is -1.55. The van der Waals surface area contributed by atoms with Gasteiger partial charge in [-0.2, -0.15) is 0 Å². The molecule has 0 radical (unpaired) electrons. The van der Waals surface area contributed by atoms with Crippen molar-refractivity contribution in [3.8, 4) is 5.75 Å². The van der Waals surface area contributed by atoms with Crippen LogP contribution in [0.3, 0.4) is 0 Å². The average molecular weight is 263 g/mol. The Balaban J connectivity index is 1.79. The number of amides is 1. The van der Waals surface area contributed by atoms with E-state index in [1.54, 1.807) is 7.11 Å². The Kier molecular flexibility index (Phi) is 5.21. The smallest absolute Gasteiger partial charge is 0.220 e. The normalized spacial score (nSPS) is 16.1. The molecule has 0 unspecified atom stereocenters. The van der Waals surface area contributed by atoms with Gasteiger partial charge in [-0.05, 0) is 30.9 Å². The van der Waals surface area contributed by atoms with Gasteiger partial charge in [0.05, 0.1) is 7.11 Å². The Bertz CT molecular complexity index is 414. The monoisotopic (exact) mass is 263 g/mol. The summed E-state index contributed by atoms with van der Waals surface area (Å²) in [6.07, 6.45) is 3.04. The molecule has 0 bridgehead atoms. The van der Waals surface area contributed by atoms with Gasteiger partial charge in [0.2, 0.25) is 5.91 Å². The molecule has 1 heterocycles. The van der Waals surface area contributed by atoms with Crippen molar-refractivity contribution in [3.05, 3.63) is 29.8 Å². The van der Waals surface area contributed by atoms with E-state index in [0.29, 0.717) is 12.8 Å². The second-order valence-electron chi connectivity index (χ2n) is 4.77. The maximum atomic E-state index is 11.9. The van der Waals surface area contributed by atoms with Crippen LogP contribution in [0.5, 0.6) is 5.75 Å². The molecular weight excluding hydrogens is 242 g/mol. The summed E-state index contributed by atoms with van der Waals surface area (Å²) in [6.45, 7) is 1.49. The first-order valence-electron chi connectivity index (χ1n) is 6.78. The van der Waals surface area contributed by atoms with Gasteiger partial charge in [0.15, 0.2) is 0 Å². The molecule has 4 heteroatoms. The molecule has 1 aliphatic heterocycles. The molecule has 4 nitrogen and oxygen atoms in total. The predicted molar refractivity (Wildman–Crippen MR) is 73.3 cm³/mol. The average Bonchev–Trinajstić information content (AvgIpc) is 2.46. The van der Waals surface area contributed by atoms with Crippen molar-refractivity contribution >= 4 is 5.91 Å². The van der Waals surface area contributed by atoms with Gasteiger partial charge in [-0.25, -0.2) is 0 Å². The Morgan fingerprint density at radius 1 is 1.37 bits per heavy atom. The van der Waals surface area contributed by atoms with Crippen molar-refractivity contribution in [1.29, 1.82) is 0 Å². The summed E-state index contributed by atoms with van der Waals surface area (Å²) in [7, 11) is 1.65. The zero-order chi connectivity index (χ0) is 13.5. The first-order valence-corrected chi connectivity index (χ1v) is 6.78. The van der Waals surface area contributed by atoms with Gasteiger partial charge in [-0.1, -0.05) is 18.2 Å². The third kappa shape index (κ3) is 4.24. The van der Waals surface area contributed by atoms with Gasteiger partial charge in [-0.15, -0.1) is 0 Å². The van der Waals surface area contributed by atoms with E-state index in [9.17, 15) is 4.79 Å². The van der Waals surface area contributed by atoms with E-state index < -0.39 is 0 Å². The first-order chi connectivity index (χ1) is 9.29. The van der Waals surface area contributed by atoms with Crippen LogP contribution in [-0.4, -0.2) is 32.3 Å². The van der Waals surface area contributed by atoms with Crippen LogP contribution in [0.2, 0.25) is 0 Å². The summed E-state index contributed by atoms with van der Waals surface area (Å²) in [5, 5.41) is 3.07. The van der Waals surface area contributed by atoms with E-state index in [4.69, 9.17) is 9.47 Å². The SMILES string of the molecule is COc1ccccc1CCC(=O)NC1CCOCC1. The molecular formula is C15H21NO3. The maximum absolute atomic E-state index is 11.9. The molecule has 1 fully saturated rings. The molecule has 104 valence electrons. The van der Waals surface area contributed by atoms with Crippen molar-refractivity contribution in [2.45, 2.75) is 31.7 Å². The molecule has 1 aromatic carbocycles. The molecule has 0 aliphatic carbocycles. The summed E-state index contributed by atoms with van der Waals surface area (Å²) < 4.78 is 10.6. The van der Waals surface area contributed by atoms with Crippen molar-refractivity contribution < 1.29 is 14.3 Å². The van der Waals surface area contributed by atoms with E-state index in [-0.39, 0.29) is 11.9 Å². The van der Waals surface area contributed by atoms with Crippen molar-refractivity contribution in [3.63, 3.8) is 0 Å². The summed E-state index contributed by atoms with van der Waals surface area (Å²) in [5.74, 6) is 0.958. The van der Waals surface area contributed by atoms with Gasteiger partial charge >= 0.3 is 0 Å². The highest BCUT2D eigenvalue weighted by molar-refractivity contribution is 5.76.